The maximum absolute atomic E-state index is 12.5. The topological polar surface area (TPSA) is 38.7 Å². The Balaban J connectivity index is 2.38. The van der Waals surface area contributed by atoms with Crippen LogP contribution < -0.4 is 0 Å². The number of hydrogen-bond acceptors (Lipinski definition) is 3. The van der Waals surface area contributed by atoms with Crippen molar-refractivity contribution in [1.29, 1.82) is 0 Å². The molecule has 0 aliphatic heterocycles. The van der Waals surface area contributed by atoms with Crippen molar-refractivity contribution in [2.75, 3.05) is 6.61 Å². The van der Waals surface area contributed by atoms with Gasteiger partial charge in [-0.15, -0.1) is 0 Å². The second kappa shape index (κ2) is 6.00. The number of rotatable bonds is 5. The lowest BCUT2D eigenvalue weighted by Crippen LogP contribution is -2.12. The summed E-state index contributed by atoms with van der Waals surface area (Å²) in [5.74, 6) is -0.356. The van der Waals surface area contributed by atoms with Gasteiger partial charge in [-0.2, -0.15) is 0 Å². The molecule has 0 radical (unpaired) electrons. The maximum Gasteiger partial charge on any atom is 0.175 e. The smallest absolute Gasteiger partial charge is 0.175 e. The van der Waals surface area contributed by atoms with Gasteiger partial charge in [0.25, 0.3) is 0 Å². The van der Waals surface area contributed by atoms with E-state index in [1.165, 1.54) is 18.3 Å². The first kappa shape index (κ1) is 12.4. The van der Waals surface area contributed by atoms with Crippen molar-refractivity contribution in [2.45, 2.75) is 13.8 Å². The van der Waals surface area contributed by atoms with Gasteiger partial charge < -0.3 is 4.84 Å². The molecule has 0 aromatic heterocycles. The summed E-state index contributed by atoms with van der Waals surface area (Å²) >= 11 is 0. The highest BCUT2D eigenvalue weighted by molar-refractivity contribution is 5.82. The average molecular weight is 223 g/mol. The molecule has 0 amide bonds. The molecule has 0 spiro atoms. The van der Waals surface area contributed by atoms with E-state index in [0.717, 1.165) is 5.56 Å². The first-order valence-electron chi connectivity index (χ1n) is 5.03. The lowest BCUT2D eigenvalue weighted by molar-refractivity contribution is -0.126. The molecular formula is C12H14FNO2. The van der Waals surface area contributed by atoms with Crippen molar-refractivity contribution in [3.05, 3.63) is 35.6 Å². The quantitative estimate of drug-likeness (QED) is 0.568. The highest BCUT2D eigenvalue weighted by atomic mass is 19.1. The summed E-state index contributed by atoms with van der Waals surface area (Å²) in [6.45, 7) is 3.57. The number of nitrogens with zero attached hydrogens (tertiary/aromatic N) is 1. The molecule has 4 heteroatoms. The molecule has 0 unspecified atom stereocenters. The number of halogens is 1. The predicted molar refractivity (Wildman–Crippen MR) is 59.8 cm³/mol. The molecule has 0 bridgehead atoms. The minimum absolute atomic E-state index is 0.00347. The molecule has 0 N–H and O–H groups in total. The second-order valence-electron chi connectivity index (χ2n) is 3.68. The number of Topliss-reactive ketones (excluding diaryl/α,β-unsaturated/α-hetero) is 1. The maximum atomic E-state index is 12.5. The van der Waals surface area contributed by atoms with Crippen LogP contribution in [-0.2, 0) is 9.63 Å². The summed E-state index contributed by atoms with van der Waals surface area (Å²) in [7, 11) is 0. The monoisotopic (exact) mass is 223 g/mol. The number of ketones is 1. The Labute approximate surface area is 93.9 Å². The first-order valence-corrected chi connectivity index (χ1v) is 5.03. The van der Waals surface area contributed by atoms with Crippen LogP contribution in [0.15, 0.2) is 29.4 Å². The van der Waals surface area contributed by atoms with Gasteiger partial charge in [-0.3, -0.25) is 4.79 Å². The third-order valence-corrected chi connectivity index (χ3v) is 2.00. The number of carbonyl (C=O) groups is 1. The normalized spacial score (nSPS) is 11.0. The molecule has 16 heavy (non-hydrogen) atoms. The first-order chi connectivity index (χ1) is 7.59. The third-order valence-electron chi connectivity index (χ3n) is 2.00. The Morgan fingerprint density at radius 1 is 1.44 bits per heavy atom. The van der Waals surface area contributed by atoms with E-state index in [2.05, 4.69) is 5.16 Å². The van der Waals surface area contributed by atoms with E-state index >= 15 is 0 Å². The van der Waals surface area contributed by atoms with Crippen LogP contribution >= 0.6 is 0 Å². The van der Waals surface area contributed by atoms with E-state index in [0.29, 0.717) is 0 Å². The number of oxime groups is 1. The molecule has 86 valence electrons. The summed E-state index contributed by atoms with van der Waals surface area (Å²) in [6, 6.07) is 5.82. The second-order valence-corrected chi connectivity index (χ2v) is 3.68. The summed E-state index contributed by atoms with van der Waals surface area (Å²) < 4.78 is 12.5. The molecule has 1 aromatic rings. The summed E-state index contributed by atoms with van der Waals surface area (Å²) in [6.07, 6.45) is 1.44. The highest BCUT2D eigenvalue weighted by Gasteiger charge is 2.06. The summed E-state index contributed by atoms with van der Waals surface area (Å²) in [5.41, 5.74) is 0.721. The molecule has 0 fully saturated rings. The standard InChI is InChI=1S/C12H14FNO2/c1-9(2)12(15)8-16-14-7-10-3-5-11(13)6-4-10/h3-7,9H,8H2,1-2H3/b14-7-. The van der Waals surface area contributed by atoms with Crippen molar-refractivity contribution in [3.8, 4) is 0 Å². The van der Waals surface area contributed by atoms with Gasteiger partial charge >= 0.3 is 0 Å². The lowest BCUT2D eigenvalue weighted by Gasteiger charge is -2.01. The van der Waals surface area contributed by atoms with Gasteiger partial charge in [0.1, 0.15) is 5.82 Å². The van der Waals surface area contributed by atoms with E-state index in [4.69, 9.17) is 4.84 Å². The molecule has 0 saturated heterocycles. The Morgan fingerprint density at radius 2 is 2.06 bits per heavy atom. The SMILES string of the molecule is CC(C)C(=O)CO/N=C\c1ccc(F)cc1. The van der Waals surface area contributed by atoms with Crippen LogP contribution in [0.25, 0.3) is 0 Å². The summed E-state index contributed by atoms with van der Waals surface area (Å²) in [5, 5.41) is 3.63. The lowest BCUT2D eigenvalue weighted by atomic mass is 10.1. The van der Waals surface area contributed by atoms with E-state index < -0.39 is 0 Å². The van der Waals surface area contributed by atoms with Crippen molar-refractivity contribution in [1.82, 2.24) is 0 Å². The van der Waals surface area contributed by atoms with E-state index in [-0.39, 0.29) is 24.1 Å². The van der Waals surface area contributed by atoms with Crippen LogP contribution in [0.3, 0.4) is 0 Å². The highest BCUT2D eigenvalue weighted by Crippen LogP contribution is 2.00. The van der Waals surface area contributed by atoms with Crippen molar-refractivity contribution in [2.24, 2.45) is 11.1 Å². The average Bonchev–Trinajstić information content (AvgIpc) is 2.26. The van der Waals surface area contributed by atoms with Gasteiger partial charge in [-0.1, -0.05) is 31.1 Å². The largest absolute Gasteiger partial charge is 0.388 e. The van der Waals surface area contributed by atoms with Gasteiger partial charge in [0.15, 0.2) is 12.4 Å². The van der Waals surface area contributed by atoms with Gasteiger partial charge in [0, 0.05) is 5.92 Å². The van der Waals surface area contributed by atoms with Gasteiger partial charge in [-0.25, -0.2) is 4.39 Å². The zero-order valence-electron chi connectivity index (χ0n) is 9.31. The molecule has 0 aliphatic carbocycles. The molecule has 3 nitrogen and oxygen atoms in total. The zero-order valence-corrected chi connectivity index (χ0v) is 9.31. The third kappa shape index (κ3) is 4.21. The fourth-order valence-electron chi connectivity index (χ4n) is 0.915. The van der Waals surface area contributed by atoms with E-state index in [1.54, 1.807) is 26.0 Å². The number of hydrogen-bond donors (Lipinski definition) is 0. The fraction of sp³-hybridized carbons (Fsp3) is 0.333. The Hall–Kier alpha value is -1.71. The molecule has 0 aliphatic rings. The molecule has 1 rings (SSSR count). The van der Waals surface area contributed by atoms with Crippen molar-refractivity contribution < 1.29 is 14.0 Å². The van der Waals surface area contributed by atoms with E-state index in [1.807, 2.05) is 0 Å². The number of carbonyl (C=O) groups excluding carboxylic acids is 1. The predicted octanol–water partition coefficient (Wildman–Crippen LogP) is 2.40. The van der Waals surface area contributed by atoms with Crippen molar-refractivity contribution >= 4 is 12.0 Å². The fourth-order valence-corrected chi connectivity index (χ4v) is 0.915. The van der Waals surface area contributed by atoms with Crippen LogP contribution in [0, 0.1) is 11.7 Å². The minimum Gasteiger partial charge on any atom is -0.388 e. The minimum atomic E-state index is -0.298. The van der Waals surface area contributed by atoms with E-state index in [9.17, 15) is 9.18 Å². The Bertz CT molecular complexity index is 371. The van der Waals surface area contributed by atoms with Crippen LogP contribution in [-0.4, -0.2) is 18.6 Å². The summed E-state index contributed by atoms with van der Waals surface area (Å²) in [4.78, 5) is 16.0. The Morgan fingerprint density at radius 3 is 2.62 bits per heavy atom. The molecule has 0 heterocycles. The number of benzene rings is 1. The van der Waals surface area contributed by atoms with Gasteiger partial charge in [0.2, 0.25) is 0 Å². The van der Waals surface area contributed by atoms with Crippen LogP contribution in [0.4, 0.5) is 4.39 Å². The molecule has 0 saturated carbocycles. The van der Waals surface area contributed by atoms with Gasteiger partial charge in [-0.05, 0) is 17.7 Å². The van der Waals surface area contributed by atoms with Crippen LogP contribution in [0.2, 0.25) is 0 Å². The molecular weight excluding hydrogens is 209 g/mol. The molecule has 1 aromatic carbocycles. The van der Waals surface area contributed by atoms with Crippen LogP contribution in [0.5, 0.6) is 0 Å². The zero-order chi connectivity index (χ0) is 12.0. The van der Waals surface area contributed by atoms with Crippen molar-refractivity contribution in [3.63, 3.8) is 0 Å². The van der Waals surface area contributed by atoms with Crippen LogP contribution in [0.1, 0.15) is 19.4 Å². The molecule has 0 atom stereocenters. The Kier molecular flexibility index (Phi) is 4.64. The van der Waals surface area contributed by atoms with Gasteiger partial charge in [0.05, 0.1) is 6.21 Å².